The maximum Gasteiger partial charge on any atom is 0.223 e. The lowest BCUT2D eigenvalue weighted by atomic mass is 10.0. The summed E-state index contributed by atoms with van der Waals surface area (Å²) in [6.07, 6.45) is 2.16. The van der Waals surface area contributed by atoms with Crippen LogP contribution in [0.3, 0.4) is 0 Å². The Morgan fingerprint density at radius 1 is 1.24 bits per heavy atom. The maximum atomic E-state index is 12.5. The minimum absolute atomic E-state index is 0.203. The van der Waals surface area contributed by atoms with Gasteiger partial charge in [0.1, 0.15) is 5.75 Å². The predicted octanol–water partition coefficient (Wildman–Crippen LogP) is 3.09. The third-order valence-electron chi connectivity index (χ3n) is 4.99. The molecule has 0 saturated heterocycles. The van der Waals surface area contributed by atoms with Gasteiger partial charge in [-0.15, -0.1) is 0 Å². The van der Waals surface area contributed by atoms with E-state index in [1.54, 1.807) is 0 Å². The summed E-state index contributed by atoms with van der Waals surface area (Å²) in [7, 11) is 1.96. The van der Waals surface area contributed by atoms with E-state index in [4.69, 9.17) is 4.74 Å². The molecule has 134 valence electrons. The molecular formula is C20H27N3O2. The van der Waals surface area contributed by atoms with Crippen LogP contribution in [-0.4, -0.2) is 33.7 Å². The van der Waals surface area contributed by atoms with E-state index in [-0.39, 0.29) is 5.91 Å². The molecule has 25 heavy (non-hydrogen) atoms. The lowest BCUT2D eigenvalue weighted by Gasteiger charge is -2.27. The van der Waals surface area contributed by atoms with Crippen molar-refractivity contribution in [2.24, 2.45) is 7.05 Å². The first-order chi connectivity index (χ1) is 12.0. The zero-order chi connectivity index (χ0) is 18.0. The maximum absolute atomic E-state index is 12.5. The highest BCUT2D eigenvalue weighted by Gasteiger charge is 2.24. The molecule has 5 heteroatoms. The zero-order valence-corrected chi connectivity index (χ0v) is 15.6. The first kappa shape index (κ1) is 17.5. The number of hydrogen-bond acceptors (Lipinski definition) is 3. The van der Waals surface area contributed by atoms with Crippen molar-refractivity contribution in [2.75, 3.05) is 13.2 Å². The first-order valence-corrected chi connectivity index (χ1v) is 8.95. The van der Waals surface area contributed by atoms with Gasteiger partial charge in [0.05, 0.1) is 24.5 Å². The molecule has 1 aliphatic heterocycles. The number of ether oxygens (including phenoxy) is 1. The van der Waals surface area contributed by atoms with Crippen LogP contribution in [0.25, 0.3) is 0 Å². The second kappa shape index (κ2) is 7.30. The van der Waals surface area contributed by atoms with E-state index in [1.807, 2.05) is 29.6 Å². The van der Waals surface area contributed by atoms with Crippen molar-refractivity contribution in [1.29, 1.82) is 0 Å². The average Bonchev–Trinajstić information content (AvgIpc) is 2.87. The molecule has 0 radical (unpaired) electrons. The van der Waals surface area contributed by atoms with E-state index in [1.165, 1.54) is 11.3 Å². The highest BCUT2D eigenvalue weighted by molar-refractivity contribution is 5.76. The van der Waals surface area contributed by atoms with Crippen molar-refractivity contribution >= 4 is 5.91 Å². The largest absolute Gasteiger partial charge is 0.493 e. The van der Waals surface area contributed by atoms with Crippen LogP contribution in [0.4, 0.5) is 0 Å². The van der Waals surface area contributed by atoms with Gasteiger partial charge in [-0.1, -0.05) is 18.2 Å². The molecule has 0 bridgehead atoms. The quantitative estimate of drug-likeness (QED) is 0.785. The summed E-state index contributed by atoms with van der Waals surface area (Å²) in [4.78, 5) is 14.5. The molecule has 0 fully saturated rings. The average molecular weight is 341 g/mol. The fourth-order valence-corrected chi connectivity index (χ4v) is 3.57. The van der Waals surface area contributed by atoms with Crippen LogP contribution in [0.5, 0.6) is 5.75 Å². The standard InChI is InChI=1S/C20H27N3O2/c1-14-7-5-8-15(2)20(14)25-12-6-9-19(24)23-11-10-17-16(3)21-22(4)18(17)13-23/h5,7-8H,6,9-13H2,1-4H3. The number of rotatable bonds is 5. The molecule has 1 aromatic heterocycles. The van der Waals surface area contributed by atoms with Crippen LogP contribution in [0, 0.1) is 20.8 Å². The minimum Gasteiger partial charge on any atom is -0.493 e. The Morgan fingerprint density at radius 3 is 2.68 bits per heavy atom. The van der Waals surface area contributed by atoms with Crippen LogP contribution >= 0.6 is 0 Å². The summed E-state index contributed by atoms with van der Waals surface area (Å²) in [6, 6.07) is 6.13. The number of aromatic nitrogens is 2. The smallest absolute Gasteiger partial charge is 0.223 e. The molecule has 0 unspecified atom stereocenters. The number of carbonyl (C=O) groups excluding carboxylic acids is 1. The highest BCUT2D eigenvalue weighted by atomic mass is 16.5. The predicted molar refractivity (Wildman–Crippen MR) is 97.7 cm³/mol. The molecule has 0 N–H and O–H groups in total. The van der Waals surface area contributed by atoms with Crippen molar-refractivity contribution < 1.29 is 9.53 Å². The second-order valence-corrected chi connectivity index (χ2v) is 6.87. The fraction of sp³-hybridized carbons (Fsp3) is 0.500. The van der Waals surface area contributed by atoms with Crippen LogP contribution < -0.4 is 4.74 Å². The van der Waals surface area contributed by atoms with Gasteiger partial charge in [-0.3, -0.25) is 9.48 Å². The Bertz CT molecular complexity index is 759. The fourth-order valence-electron chi connectivity index (χ4n) is 3.57. The molecule has 1 aliphatic rings. The minimum atomic E-state index is 0.203. The third kappa shape index (κ3) is 3.70. The van der Waals surface area contributed by atoms with Gasteiger partial charge < -0.3 is 9.64 Å². The molecular weight excluding hydrogens is 314 g/mol. The Morgan fingerprint density at radius 2 is 1.96 bits per heavy atom. The van der Waals surface area contributed by atoms with E-state index in [2.05, 4.69) is 31.1 Å². The highest BCUT2D eigenvalue weighted by Crippen LogP contribution is 2.23. The van der Waals surface area contributed by atoms with E-state index < -0.39 is 0 Å². The number of amides is 1. The number of benzene rings is 1. The van der Waals surface area contributed by atoms with Gasteiger partial charge in [0.2, 0.25) is 5.91 Å². The molecule has 0 saturated carbocycles. The lowest BCUT2D eigenvalue weighted by Crippen LogP contribution is -2.36. The van der Waals surface area contributed by atoms with Crippen LogP contribution in [0.15, 0.2) is 18.2 Å². The van der Waals surface area contributed by atoms with E-state index in [0.717, 1.165) is 42.0 Å². The summed E-state index contributed by atoms with van der Waals surface area (Å²) in [5.41, 5.74) is 5.85. The Kier molecular flexibility index (Phi) is 5.11. The summed E-state index contributed by atoms with van der Waals surface area (Å²) < 4.78 is 7.81. The van der Waals surface area contributed by atoms with E-state index in [9.17, 15) is 4.79 Å². The van der Waals surface area contributed by atoms with Crippen molar-refractivity contribution in [3.05, 3.63) is 46.3 Å². The monoisotopic (exact) mass is 341 g/mol. The first-order valence-electron chi connectivity index (χ1n) is 8.95. The molecule has 1 aromatic carbocycles. The summed E-state index contributed by atoms with van der Waals surface area (Å²) in [5.74, 6) is 1.15. The van der Waals surface area contributed by atoms with Crippen LogP contribution in [-0.2, 0) is 24.8 Å². The van der Waals surface area contributed by atoms with Gasteiger partial charge in [-0.25, -0.2) is 0 Å². The van der Waals surface area contributed by atoms with Crippen LogP contribution in [0.1, 0.15) is 40.9 Å². The Hall–Kier alpha value is -2.30. The molecule has 0 atom stereocenters. The number of para-hydroxylation sites is 1. The third-order valence-corrected chi connectivity index (χ3v) is 4.99. The van der Waals surface area contributed by atoms with E-state index >= 15 is 0 Å². The molecule has 2 aromatic rings. The van der Waals surface area contributed by atoms with Crippen molar-refractivity contribution in [2.45, 2.75) is 46.6 Å². The summed E-state index contributed by atoms with van der Waals surface area (Å²) in [6.45, 7) is 8.17. The zero-order valence-electron chi connectivity index (χ0n) is 15.6. The molecule has 1 amide bonds. The second-order valence-electron chi connectivity index (χ2n) is 6.87. The van der Waals surface area contributed by atoms with Gasteiger partial charge in [-0.05, 0) is 50.3 Å². The SMILES string of the molecule is Cc1cccc(C)c1OCCCC(=O)N1CCc2c(C)nn(C)c2C1. The van der Waals surface area contributed by atoms with Gasteiger partial charge in [0, 0.05) is 20.0 Å². The van der Waals surface area contributed by atoms with Crippen LogP contribution in [0.2, 0.25) is 0 Å². The number of fused-ring (bicyclic) bond motifs is 1. The van der Waals surface area contributed by atoms with E-state index in [0.29, 0.717) is 19.6 Å². The van der Waals surface area contributed by atoms with Crippen molar-refractivity contribution in [3.8, 4) is 5.75 Å². The summed E-state index contributed by atoms with van der Waals surface area (Å²) >= 11 is 0. The Labute approximate surface area is 149 Å². The van der Waals surface area contributed by atoms with Gasteiger partial charge in [0.25, 0.3) is 0 Å². The lowest BCUT2D eigenvalue weighted by molar-refractivity contribution is -0.132. The number of hydrogen-bond donors (Lipinski definition) is 0. The Balaban J connectivity index is 1.50. The molecule has 3 rings (SSSR count). The normalized spacial score (nSPS) is 13.7. The molecule has 5 nitrogen and oxygen atoms in total. The molecule has 0 spiro atoms. The van der Waals surface area contributed by atoms with Gasteiger partial charge >= 0.3 is 0 Å². The van der Waals surface area contributed by atoms with Crippen molar-refractivity contribution in [3.63, 3.8) is 0 Å². The topological polar surface area (TPSA) is 47.4 Å². The number of aryl methyl sites for hydroxylation is 4. The number of nitrogens with zero attached hydrogens (tertiary/aromatic N) is 3. The van der Waals surface area contributed by atoms with Crippen molar-refractivity contribution in [1.82, 2.24) is 14.7 Å². The van der Waals surface area contributed by atoms with Gasteiger partial charge in [0.15, 0.2) is 0 Å². The number of carbonyl (C=O) groups is 1. The van der Waals surface area contributed by atoms with Gasteiger partial charge in [-0.2, -0.15) is 5.10 Å². The molecule has 2 heterocycles. The molecule has 0 aliphatic carbocycles. The summed E-state index contributed by atoms with van der Waals surface area (Å²) in [5, 5.41) is 4.47.